The number of alkyl halides is 3. The average Bonchev–Trinajstić information content (AvgIpc) is 4.09. The molecule has 0 bridgehead atoms. The monoisotopic (exact) mass is 983 g/mol. The maximum Gasteiger partial charge on any atom is 0.416 e. The van der Waals surface area contributed by atoms with Gasteiger partial charge in [-0.2, -0.15) is 22.9 Å². The first-order valence-electron chi connectivity index (χ1n) is 23.8. The number of piperidine rings is 1. The zero-order valence-electron chi connectivity index (χ0n) is 39.9. The molecular weight excluding hydrogens is 924 g/mol. The van der Waals surface area contributed by atoms with Crippen LogP contribution in [0.25, 0.3) is 21.8 Å². The molecule has 3 aromatic carbocycles. The van der Waals surface area contributed by atoms with Gasteiger partial charge in [0.1, 0.15) is 30.3 Å². The number of rotatable bonds is 16. The molecule has 372 valence electrons. The van der Waals surface area contributed by atoms with Gasteiger partial charge in [-0.25, -0.2) is 4.98 Å². The Morgan fingerprint density at radius 2 is 1.60 bits per heavy atom. The van der Waals surface area contributed by atoms with Crippen molar-refractivity contribution < 1.29 is 42.1 Å². The van der Waals surface area contributed by atoms with E-state index < -0.39 is 47.2 Å². The average molecular weight is 984 g/mol. The number of amides is 3. The summed E-state index contributed by atoms with van der Waals surface area (Å²) < 4.78 is 52.7. The first-order chi connectivity index (χ1) is 33.5. The summed E-state index contributed by atoms with van der Waals surface area (Å²) in [5.74, 6) is 1.92. The number of ether oxygens (including phenoxy) is 2. The van der Waals surface area contributed by atoms with Crippen molar-refractivity contribution in [3.05, 3.63) is 107 Å². The minimum atomic E-state index is -4.41. The van der Waals surface area contributed by atoms with Crippen molar-refractivity contribution in [1.82, 2.24) is 40.3 Å². The summed E-state index contributed by atoms with van der Waals surface area (Å²) >= 11 is 1.57. The highest BCUT2D eigenvalue weighted by molar-refractivity contribution is 7.13. The van der Waals surface area contributed by atoms with Crippen molar-refractivity contribution in [2.45, 2.75) is 109 Å². The van der Waals surface area contributed by atoms with Crippen molar-refractivity contribution in [3.63, 3.8) is 0 Å². The lowest BCUT2D eigenvalue weighted by molar-refractivity contribution is -0.144. The number of β-amino-alcohol motifs (C(OH)–C–C–N with tert-alkyl or cyclic N) is 1. The second kappa shape index (κ2) is 21.9. The molecule has 5 heterocycles. The Hall–Kier alpha value is -6.18. The van der Waals surface area contributed by atoms with Crippen molar-refractivity contribution in [1.29, 1.82) is 0 Å². The molecular formula is C51H60F3N9O6S. The minimum Gasteiger partial charge on any atom is -0.494 e. The molecule has 2 fully saturated rings. The van der Waals surface area contributed by atoms with Crippen LogP contribution in [0.5, 0.6) is 5.75 Å². The molecule has 19 heteroatoms. The lowest BCUT2D eigenvalue weighted by Crippen LogP contribution is -2.58. The number of nitrogens with one attached hydrogen (secondary N) is 2. The fourth-order valence-corrected chi connectivity index (χ4v) is 9.93. The number of unbranched alkanes of at least 4 members (excludes halogenated alkanes) is 1. The van der Waals surface area contributed by atoms with Crippen LogP contribution in [0, 0.1) is 12.3 Å². The molecule has 3 N–H and O–H groups in total. The van der Waals surface area contributed by atoms with Crippen molar-refractivity contribution >= 4 is 34.9 Å². The summed E-state index contributed by atoms with van der Waals surface area (Å²) in [7, 11) is 0. The lowest BCUT2D eigenvalue weighted by Gasteiger charge is -2.35. The van der Waals surface area contributed by atoms with Crippen LogP contribution >= 0.6 is 11.3 Å². The van der Waals surface area contributed by atoms with E-state index >= 15 is 0 Å². The number of likely N-dealkylation sites (tertiary alicyclic amines) is 2. The Bertz CT molecular complexity index is 2620. The highest BCUT2D eigenvalue weighted by Gasteiger charge is 2.44. The number of halogens is 3. The molecule has 70 heavy (non-hydrogen) atoms. The van der Waals surface area contributed by atoms with E-state index in [2.05, 4.69) is 42.8 Å². The smallest absolute Gasteiger partial charge is 0.416 e. The number of hydrogen-bond acceptors (Lipinski definition) is 12. The van der Waals surface area contributed by atoms with E-state index in [4.69, 9.17) is 14.6 Å². The van der Waals surface area contributed by atoms with E-state index in [-0.39, 0.29) is 32.0 Å². The summed E-state index contributed by atoms with van der Waals surface area (Å²) in [6.45, 7) is 9.93. The molecule has 2 saturated heterocycles. The van der Waals surface area contributed by atoms with Gasteiger partial charge in [0.15, 0.2) is 11.6 Å². The number of aliphatic hydroxyl groups excluding tert-OH is 1. The van der Waals surface area contributed by atoms with Crippen LogP contribution < -0.4 is 15.4 Å². The predicted molar refractivity (Wildman–Crippen MR) is 259 cm³/mol. The van der Waals surface area contributed by atoms with E-state index in [9.17, 15) is 32.7 Å². The number of amidine groups is 1. The maximum absolute atomic E-state index is 14.0. The van der Waals surface area contributed by atoms with Gasteiger partial charge in [-0.15, -0.1) is 21.5 Å². The first kappa shape index (κ1) is 50.2. The molecule has 0 spiro atoms. The molecule has 3 atom stereocenters. The standard InChI is InChI=1S/C51H60F3N9O6S/c1-32-45(70-31-56-32)36-9-7-33(8-10-36)28-55-48(66)41-27-39(64)29-62(41)49(67)46(50(2,3)4)57-44(65)30-68-25-5-6-26-69-40-17-13-34(14-18-40)35-21-23-61(24-22-35)43-20-19-42-58-59-47(63(42)60-43)37-11-15-38(16-12-37)51(52,53)54/h7-18,31,35,39,41,46,64H,5-6,19-30H2,1-4H3,(H,55,66)(H,57,65)/t39-,41-,46+/m0/s1. The molecule has 0 saturated carbocycles. The van der Waals surface area contributed by atoms with Crippen LogP contribution in [-0.4, -0.2) is 116 Å². The van der Waals surface area contributed by atoms with Crippen molar-refractivity contribution in [2.75, 3.05) is 39.5 Å². The largest absolute Gasteiger partial charge is 0.494 e. The minimum absolute atomic E-state index is 0.0139. The van der Waals surface area contributed by atoms with E-state index in [1.807, 2.05) is 69.6 Å². The summed E-state index contributed by atoms with van der Waals surface area (Å²) in [6.07, 6.45) is -0.581. The quantitative estimate of drug-likeness (QED) is 0.0847. The first-order valence-corrected chi connectivity index (χ1v) is 24.7. The second-order valence-electron chi connectivity index (χ2n) is 19.2. The molecule has 5 aromatic rings. The fraction of sp³-hybridized carbons (Fsp3) is 0.471. The van der Waals surface area contributed by atoms with Crippen LogP contribution in [0.2, 0.25) is 0 Å². The molecule has 3 aliphatic heterocycles. The molecule has 0 aliphatic carbocycles. The van der Waals surface area contributed by atoms with Gasteiger partial charge in [0.05, 0.1) is 34.4 Å². The number of carbonyl (C=O) groups excluding carboxylic acids is 3. The van der Waals surface area contributed by atoms with Gasteiger partial charge < -0.3 is 35.0 Å². The zero-order chi connectivity index (χ0) is 49.6. The number of hydrogen-bond donors (Lipinski definition) is 3. The molecule has 8 rings (SSSR count). The number of aliphatic hydroxyl groups is 1. The summed E-state index contributed by atoms with van der Waals surface area (Å²) in [5, 5.41) is 29.7. The van der Waals surface area contributed by atoms with E-state index in [0.29, 0.717) is 62.0 Å². The number of aromatic nitrogens is 4. The SMILES string of the molecule is Cc1ncsc1-c1ccc(CNC(=O)[C@@H]2C[C@H](O)CN2C(=O)[C@@H](NC(=O)COCCCCOc2ccc(C3CCN(C4=Nn5c(nnc5-c5ccc(C(F)(F)F)cc5)CC4)CC3)cc2)C(C)(C)C)cc1. The van der Waals surface area contributed by atoms with Gasteiger partial charge >= 0.3 is 6.18 Å². The highest BCUT2D eigenvalue weighted by atomic mass is 32.1. The number of aryl methyl sites for hydroxylation is 2. The summed E-state index contributed by atoms with van der Waals surface area (Å²) in [6, 6.07) is 19.1. The van der Waals surface area contributed by atoms with Gasteiger partial charge in [-0.3, -0.25) is 14.4 Å². The number of carbonyl (C=O) groups is 3. The van der Waals surface area contributed by atoms with Gasteiger partial charge in [0.25, 0.3) is 0 Å². The molecule has 0 radical (unpaired) electrons. The molecule has 3 amide bonds. The number of thiazole rings is 1. The Labute approximate surface area is 409 Å². The second-order valence-corrected chi connectivity index (χ2v) is 20.1. The van der Waals surface area contributed by atoms with Gasteiger partial charge in [-0.05, 0) is 84.9 Å². The van der Waals surface area contributed by atoms with Crippen molar-refractivity contribution in [3.8, 4) is 27.6 Å². The van der Waals surface area contributed by atoms with Crippen LogP contribution in [0.4, 0.5) is 13.2 Å². The maximum atomic E-state index is 14.0. The lowest BCUT2D eigenvalue weighted by atomic mass is 9.85. The third kappa shape index (κ3) is 12.2. The van der Waals surface area contributed by atoms with Crippen LogP contribution in [0.15, 0.2) is 83.4 Å². The van der Waals surface area contributed by atoms with E-state index in [1.165, 1.54) is 22.6 Å². The summed E-state index contributed by atoms with van der Waals surface area (Å²) in [4.78, 5) is 49.6. The topological polar surface area (TPSA) is 176 Å². The molecule has 0 unspecified atom stereocenters. The fourth-order valence-electron chi connectivity index (χ4n) is 9.12. The van der Waals surface area contributed by atoms with Crippen LogP contribution in [0.3, 0.4) is 0 Å². The zero-order valence-corrected chi connectivity index (χ0v) is 40.7. The third-order valence-electron chi connectivity index (χ3n) is 13.1. The summed E-state index contributed by atoms with van der Waals surface area (Å²) in [5.41, 5.74) is 5.06. The third-order valence-corrected chi connectivity index (χ3v) is 14.0. The van der Waals surface area contributed by atoms with Crippen molar-refractivity contribution in [2.24, 2.45) is 10.5 Å². The normalized spacial score (nSPS) is 18.0. The number of nitrogens with zero attached hydrogens (tertiary/aromatic N) is 7. The Balaban J connectivity index is 0.728. The Morgan fingerprint density at radius 3 is 2.27 bits per heavy atom. The van der Waals surface area contributed by atoms with Gasteiger partial charge in [0, 0.05) is 57.6 Å². The van der Waals surface area contributed by atoms with E-state index in [0.717, 1.165) is 71.3 Å². The van der Waals surface area contributed by atoms with Gasteiger partial charge in [0.2, 0.25) is 17.7 Å². The van der Waals surface area contributed by atoms with Gasteiger partial charge in [-0.1, -0.05) is 69.3 Å². The Kier molecular flexibility index (Phi) is 15.7. The molecule has 3 aliphatic rings. The predicted octanol–water partition coefficient (Wildman–Crippen LogP) is 7.37. The number of fused-ring (bicyclic) bond motifs is 1. The molecule has 2 aromatic heterocycles. The van der Waals surface area contributed by atoms with Crippen LogP contribution in [-0.2, 0) is 38.3 Å². The number of benzene rings is 3. The van der Waals surface area contributed by atoms with E-state index in [1.54, 1.807) is 16.0 Å². The Morgan fingerprint density at radius 1 is 0.900 bits per heavy atom. The molecule has 15 nitrogen and oxygen atoms in total. The highest BCUT2D eigenvalue weighted by Crippen LogP contribution is 2.34. The van der Waals surface area contributed by atoms with Crippen LogP contribution in [0.1, 0.15) is 93.4 Å².